The number of hydrogen-bond acceptors (Lipinski definition) is 4. The van der Waals surface area contributed by atoms with Crippen LogP contribution in [0.5, 0.6) is 5.75 Å². The van der Waals surface area contributed by atoms with Crippen LogP contribution in [0.15, 0.2) is 72.9 Å². The van der Waals surface area contributed by atoms with Gasteiger partial charge in [-0.25, -0.2) is 4.98 Å². The Morgan fingerprint density at radius 2 is 1.78 bits per heavy atom. The van der Waals surface area contributed by atoms with Gasteiger partial charge in [-0.2, -0.15) is 0 Å². The summed E-state index contributed by atoms with van der Waals surface area (Å²) in [6.07, 6.45) is 1.66. The van der Waals surface area contributed by atoms with E-state index in [2.05, 4.69) is 15.6 Å². The fourth-order valence-corrected chi connectivity index (χ4v) is 2.56. The Balaban J connectivity index is 1.54. The molecule has 1 amide bonds. The molecule has 3 rings (SSSR count). The second-order valence-corrected chi connectivity index (χ2v) is 6.28. The predicted octanol–water partition coefficient (Wildman–Crippen LogP) is 4.10. The summed E-state index contributed by atoms with van der Waals surface area (Å²) in [6, 6.07) is 20.6. The van der Waals surface area contributed by atoms with Crippen LogP contribution in [0.4, 0.5) is 5.82 Å². The summed E-state index contributed by atoms with van der Waals surface area (Å²) in [5.74, 6) is 1.02. The molecule has 0 aliphatic carbocycles. The van der Waals surface area contributed by atoms with Crippen LogP contribution in [-0.4, -0.2) is 16.0 Å². The molecule has 0 fully saturated rings. The van der Waals surface area contributed by atoms with Gasteiger partial charge in [0.05, 0.1) is 0 Å². The van der Waals surface area contributed by atoms with E-state index in [9.17, 15) is 4.79 Å². The number of aromatic nitrogens is 1. The summed E-state index contributed by atoms with van der Waals surface area (Å²) in [5.41, 5.74) is 2.51. The number of thiocarbonyl (C=S) groups is 1. The van der Waals surface area contributed by atoms with Gasteiger partial charge in [-0.05, 0) is 60.6 Å². The lowest BCUT2D eigenvalue weighted by Gasteiger charge is -2.11. The van der Waals surface area contributed by atoms with E-state index in [0.29, 0.717) is 23.7 Å². The first-order valence-electron chi connectivity index (χ1n) is 8.42. The number of hydrogen-bond donors (Lipinski definition) is 2. The third-order valence-electron chi connectivity index (χ3n) is 3.83. The van der Waals surface area contributed by atoms with Gasteiger partial charge >= 0.3 is 0 Å². The molecule has 0 atom stereocenters. The van der Waals surface area contributed by atoms with Crippen LogP contribution in [0.3, 0.4) is 0 Å². The Morgan fingerprint density at radius 1 is 1.04 bits per heavy atom. The zero-order valence-corrected chi connectivity index (χ0v) is 15.6. The summed E-state index contributed by atoms with van der Waals surface area (Å²) in [4.78, 5) is 16.5. The molecular formula is C21H19N3O2S. The van der Waals surface area contributed by atoms with E-state index < -0.39 is 0 Å². The number of aryl methyl sites for hydroxylation is 1. The molecule has 1 aromatic heterocycles. The second-order valence-electron chi connectivity index (χ2n) is 5.88. The number of carbonyl (C=O) groups is 1. The summed E-state index contributed by atoms with van der Waals surface area (Å²) in [7, 11) is 0. The minimum absolute atomic E-state index is 0.200. The van der Waals surface area contributed by atoms with E-state index in [1.54, 1.807) is 30.5 Å². The van der Waals surface area contributed by atoms with Gasteiger partial charge in [0, 0.05) is 11.8 Å². The van der Waals surface area contributed by atoms with Crippen molar-refractivity contribution in [3.05, 3.63) is 89.6 Å². The number of anilines is 1. The Labute approximate surface area is 163 Å². The third kappa shape index (κ3) is 5.36. The summed E-state index contributed by atoms with van der Waals surface area (Å²) in [5, 5.41) is 5.77. The highest BCUT2D eigenvalue weighted by molar-refractivity contribution is 7.80. The van der Waals surface area contributed by atoms with Gasteiger partial charge in [-0.15, -0.1) is 0 Å². The first-order chi connectivity index (χ1) is 13.1. The number of ether oxygens (including phenoxy) is 1. The fourth-order valence-electron chi connectivity index (χ4n) is 2.37. The molecule has 27 heavy (non-hydrogen) atoms. The first kappa shape index (κ1) is 18.5. The molecular weight excluding hydrogens is 358 g/mol. The fraction of sp³-hybridized carbons (Fsp3) is 0.0952. The van der Waals surface area contributed by atoms with Crippen molar-refractivity contribution >= 4 is 29.1 Å². The largest absolute Gasteiger partial charge is 0.489 e. The van der Waals surface area contributed by atoms with Crippen LogP contribution < -0.4 is 15.4 Å². The van der Waals surface area contributed by atoms with Crippen molar-refractivity contribution in [2.45, 2.75) is 13.5 Å². The molecule has 0 saturated heterocycles. The van der Waals surface area contributed by atoms with Crippen molar-refractivity contribution in [2.75, 3.05) is 5.32 Å². The minimum Gasteiger partial charge on any atom is -0.489 e. The van der Waals surface area contributed by atoms with Crippen molar-refractivity contribution in [3.8, 4) is 5.75 Å². The van der Waals surface area contributed by atoms with Crippen LogP contribution in [-0.2, 0) is 6.61 Å². The third-order valence-corrected chi connectivity index (χ3v) is 4.04. The van der Waals surface area contributed by atoms with E-state index in [-0.39, 0.29) is 11.0 Å². The molecule has 0 aliphatic heterocycles. The predicted molar refractivity (Wildman–Crippen MR) is 110 cm³/mol. The molecule has 6 heteroatoms. The Kier molecular flexibility index (Phi) is 6.12. The first-order valence-corrected chi connectivity index (χ1v) is 8.83. The van der Waals surface area contributed by atoms with Crippen LogP contribution in [0.25, 0.3) is 0 Å². The van der Waals surface area contributed by atoms with Gasteiger partial charge < -0.3 is 10.1 Å². The van der Waals surface area contributed by atoms with Crippen LogP contribution in [0.2, 0.25) is 0 Å². The molecule has 0 aliphatic rings. The molecule has 1 heterocycles. The van der Waals surface area contributed by atoms with Crippen molar-refractivity contribution in [1.82, 2.24) is 10.3 Å². The molecule has 0 spiro atoms. The van der Waals surface area contributed by atoms with Crippen LogP contribution in [0.1, 0.15) is 21.5 Å². The van der Waals surface area contributed by atoms with E-state index in [1.807, 2.05) is 49.4 Å². The van der Waals surface area contributed by atoms with Gasteiger partial charge in [-0.3, -0.25) is 10.1 Å². The average molecular weight is 377 g/mol. The molecule has 0 radical (unpaired) electrons. The smallest absolute Gasteiger partial charge is 0.257 e. The highest BCUT2D eigenvalue weighted by Gasteiger charge is 2.09. The van der Waals surface area contributed by atoms with Gasteiger partial charge in [0.2, 0.25) is 0 Å². The Bertz CT molecular complexity index is 928. The Hall–Kier alpha value is -3.25. The van der Waals surface area contributed by atoms with Crippen LogP contribution >= 0.6 is 12.2 Å². The molecule has 3 aromatic rings. The van der Waals surface area contributed by atoms with Crippen molar-refractivity contribution in [1.29, 1.82) is 0 Å². The lowest BCUT2D eigenvalue weighted by atomic mass is 10.2. The summed E-state index contributed by atoms with van der Waals surface area (Å²) >= 11 is 5.19. The molecule has 5 nitrogen and oxygen atoms in total. The number of benzene rings is 2. The van der Waals surface area contributed by atoms with Gasteiger partial charge in [-0.1, -0.05) is 36.4 Å². The normalized spacial score (nSPS) is 10.1. The number of carbonyl (C=O) groups excluding carboxylic acids is 1. The van der Waals surface area contributed by atoms with Crippen molar-refractivity contribution < 1.29 is 9.53 Å². The maximum absolute atomic E-state index is 12.3. The van der Waals surface area contributed by atoms with E-state index in [0.717, 1.165) is 11.1 Å². The summed E-state index contributed by atoms with van der Waals surface area (Å²) in [6.45, 7) is 2.39. The topological polar surface area (TPSA) is 63.2 Å². The van der Waals surface area contributed by atoms with Gasteiger partial charge in [0.25, 0.3) is 5.91 Å². The number of rotatable bonds is 5. The van der Waals surface area contributed by atoms with Crippen LogP contribution in [0, 0.1) is 6.92 Å². The highest BCUT2D eigenvalue weighted by atomic mass is 32.1. The number of nitrogens with one attached hydrogen (secondary N) is 2. The molecule has 2 N–H and O–H groups in total. The highest BCUT2D eigenvalue weighted by Crippen LogP contribution is 2.14. The molecule has 0 bridgehead atoms. The van der Waals surface area contributed by atoms with Crippen molar-refractivity contribution in [2.24, 2.45) is 0 Å². The maximum Gasteiger partial charge on any atom is 0.257 e. The molecule has 0 saturated carbocycles. The number of amides is 1. The molecule has 136 valence electrons. The number of nitrogens with zero attached hydrogens (tertiary/aromatic N) is 1. The quantitative estimate of drug-likeness (QED) is 0.656. The number of pyridine rings is 1. The van der Waals surface area contributed by atoms with Gasteiger partial charge in [0.15, 0.2) is 5.11 Å². The van der Waals surface area contributed by atoms with E-state index in [4.69, 9.17) is 17.0 Å². The lowest BCUT2D eigenvalue weighted by molar-refractivity contribution is 0.0977. The molecule has 2 aromatic carbocycles. The average Bonchev–Trinajstić information content (AvgIpc) is 2.69. The molecule has 0 unspecified atom stereocenters. The van der Waals surface area contributed by atoms with E-state index >= 15 is 0 Å². The minimum atomic E-state index is -0.296. The maximum atomic E-state index is 12.3. The second kappa shape index (κ2) is 8.91. The SMILES string of the molecule is Cc1cccnc1NC(=S)NC(=O)c1ccc(OCc2ccccc2)cc1. The standard InChI is InChI=1S/C21H19N3O2S/c1-15-6-5-13-22-19(15)23-21(27)24-20(25)17-9-11-18(12-10-17)26-14-16-7-3-2-4-8-16/h2-13H,14H2,1H3,(H2,22,23,24,25,27). The zero-order chi connectivity index (χ0) is 19.1. The summed E-state index contributed by atoms with van der Waals surface area (Å²) < 4.78 is 5.72. The monoisotopic (exact) mass is 377 g/mol. The van der Waals surface area contributed by atoms with Crippen molar-refractivity contribution in [3.63, 3.8) is 0 Å². The lowest BCUT2D eigenvalue weighted by Crippen LogP contribution is -2.34. The zero-order valence-electron chi connectivity index (χ0n) is 14.8. The Morgan fingerprint density at radius 3 is 2.48 bits per heavy atom. The van der Waals surface area contributed by atoms with Gasteiger partial charge in [0.1, 0.15) is 18.2 Å². The van der Waals surface area contributed by atoms with E-state index in [1.165, 1.54) is 0 Å².